The number of aliphatic hydroxyl groups is 1. The minimum Gasteiger partial charge on any atom is -0.496 e. The van der Waals surface area contributed by atoms with E-state index < -0.39 is 0 Å². The van der Waals surface area contributed by atoms with Crippen LogP contribution in [0.3, 0.4) is 0 Å². The number of fused-ring (bicyclic) bond motifs is 1. The third kappa shape index (κ3) is 3.50. The summed E-state index contributed by atoms with van der Waals surface area (Å²) in [6.45, 7) is 1.18. The molecule has 1 aromatic heterocycles. The predicted octanol–water partition coefficient (Wildman–Crippen LogP) is 2.03. The van der Waals surface area contributed by atoms with E-state index in [9.17, 15) is 5.11 Å². The molecule has 0 saturated carbocycles. The number of rotatable bonds is 4. The molecule has 2 N–H and O–H groups in total. The molecule has 3 heterocycles. The second-order valence-electron chi connectivity index (χ2n) is 5.74. The van der Waals surface area contributed by atoms with Crippen LogP contribution in [0.2, 0.25) is 0 Å². The van der Waals surface area contributed by atoms with Crippen LogP contribution in [-0.4, -0.2) is 47.8 Å². The number of aliphatic hydroxyl groups excluding tert-OH is 1. The lowest BCUT2D eigenvalue weighted by Gasteiger charge is -2.16. The van der Waals surface area contributed by atoms with Crippen LogP contribution in [-0.2, 0) is 0 Å². The van der Waals surface area contributed by atoms with Gasteiger partial charge in [-0.05, 0) is 12.5 Å². The van der Waals surface area contributed by atoms with Gasteiger partial charge in [-0.15, -0.1) is 24.8 Å². The van der Waals surface area contributed by atoms with Crippen molar-refractivity contribution >= 4 is 24.8 Å². The predicted molar refractivity (Wildman–Crippen MR) is 97.4 cm³/mol. The molecule has 1 saturated heterocycles. The zero-order valence-corrected chi connectivity index (χ0v) is 15.3. The molecule has 2 aromatic rings. The number of nitrogens with zero attached hydrogens (tertiary/aromatic N) is 2. The van der Waals surface area contributed by atoms with Crippen LogP contribution in [0.15, 0.2) is 24.5 Å². The van der Waals surface area contributed by atoms with Crippen molar-refractivity contribution in [1.29, 1.82) is 0 Å². The second-order valence-corrected chi connectivity index (χ2v) is 5.74. The first-order valence-electron chi connectivity index (χ1n) is 7.65. The fourth-order valence-corrected chi connectivity index (χ4v) is 3.23. The van der Waals surface area contributed by atoms with Crippen LogP contribution in [0.4, 0.5) is 0 Å². The number of halogens is 2. The molecule has 2 aliphatic heterocycles. The molecule has 1 fully saturated rings. The van der Waals surface area contributed by atoms with E-state index >= 15 is 0 Å². The summed E-state index contributed by atoms with van der Waals surface area (Å²) in [7, 11) is 1.63. The summed E-state index contributed by atoms with van der Waals surface area (Å²) >= 11 is 0. The highest BCUT2D eigenvalue weighted by molar-refractivity contribution is 5.85. The summed E-state index contributed by atoms with van der Waals surface area (Å²) in [4.78, 5) is 4.51. The van der Waals surface area contributed by atoms with E-state index in [0.29, 0.717) is 17.2 Å². The van der Waals surface area contributed by atoms with Gasteiger partial charge in [0.1, 0.15) is 11.6 Å². The average Bonchev–Trinajstić information content (AvgIpc) is 3.31. The highest BCUT2D eigenvalue weighted by Crippen LogP contribution is 2.42. The van der Waals surface area contributed by atoms with Crippen molar-refractivity contribution in [2.45, 2.75) is 18.5 Å². The van der Waals surface area contributed by atoms with Gasteiger partial charge in [0.2, 0.25) is 6.79 Å². The minimum absolute atomic E-state index is 0. The number of ether oxygens (including phenoxy) is 3. The van der Waals surface area contributed by atoms with E-state index in [1.165, 1.54) is 0 Å². The van der Waals surface area contributed by atoms with Crippen molar-refractivity contribution in [1.82, 2.24) is 14.9 Å². The molecule has 9 heteroatoms. The zero-order chi connectivity index (χ0) is 15.8. The van der Waals surface area contributed by atoms with E-state index in [2.05, 4.69) is 14.9 Å². The fourth-order valence-electron chi connectivity index (χ4n) is 3.23. The highest BCUT2D eigenvalue weighted by Gasteiger charge is 2.28. The molecular formula is C16H21Cl2N3O4. The van der Waals surface area contributed by atoms with Crippen molar-refractivity contribution < 1.29 is 19.3 Å². The third-order valence-electron chi connectivity index (χ3n) is 4.42. The molecule has 4 rings (SSSR count). The maximum absolute atomic E-state index is 9.32. The van der Waals surface area contributed by atoms with Crippen molar-refractivity contribution in [2.75, 3.05) is 27.1 Å². The number of aromatic nitrogens is 2. The van der Waals surface area contributed by atoms with Gasteiger partial charge in [0.25, 0.3) is 0 Å². The van der Waals surface area contributed by atoms with Gasteiger partial charge < -0.3 is 29.2 Å². The lowest BCUT2D eigenvalue weighted by molar-refractivity contribution is 0.174. The first-order chi connectivity index (χ1) is 11.3. The molecule has 138 valence electrons. The van der Waals surface area contributed by atoms with Gasteiger partial charge in [-0.3, -0.25) is 0 Å². The number of hydrogen-bond donors (Lipinski definition) is 2. The van der Waals surface area contributed by atoms with Crippen LogP contribution in [0.5, 0.6) is 17.2 Å². The molecule has 7 nitrogen and oxygen atoms in total. The van der Waals surface area contributed by atoms with E-state index in [-0.39, 0.29) is 50.3 Å². The van der Waals surface area contributed by atoms with Crippen LogP contribution in [0.1, 0.15) is 12.5 Å². The number of imidazole rings is 1. The number of methoxy groups -OCH3 is 1. The van der Waals surface area contributed by atoms with Crippen molar-refractivity contribution in [3.05, 3.63) is 24.5 Å². The Balaban J connectivity index is 0.00000113. The van der Waals surface area contributed by atoms with Crippen molar-refractivity contribution in [3.63, 3.8) is 0 Å². The van der Waals surface area contributed by atoms with Gasteiger partial charge >= 0.3 is 0 Å². The summed E-state index contributed by atoms with van der Waals surface area (Å²) in [6, 6.07) is 4.13. The molecule has 0 aliphatic carbocycles. The molecule has 0 amide bonds. The Kier molecular flexibility index (Phi) is 6.40. The van der Waals surface area contributed by atoms with Crippen LogP contribution in [0.25, 0.3) is 11.4 Å². The minimum atomic E-state index is 0. The van der Waals surface area contributed by atoms with Crippen molar-refractivity contribution in [2.24, 2.45) is 0 Å². The van der Waals surface area contributed by atoms with Gasteiger partial charge in [0.15, 0.2) is 11.5 Å². The second kappa shape index (κ2) is 8.14. The molecule has 0 bridgehead atoms. The third-order valence-corrected chi connectivity index (χ3v) is 4.42. The van der Waals surface area contributed by atoms with Gasteiger partial charge in [-0.2, -0.15) is 0 Å². The SMILES string of the molecule is COc1cc2c(cc1-c1nccn1[C@@H]1CN[C@H](CO)C1)OCO2.Cl.Cl. The molecule has 0 spiro atoms. The topological polar surface area (TPSA) is 77.8 Å². The largest absolute Gasteiger partial charge is 0.496 e. The standard InChI is InChI=1S/C16H19N3O4.2ClH/c1-21-13-6-15-14(22-9-23-15)5-12(13)16-17-2-3-19(16)11-4-10(8-20)18-7-11;;/h2-3,5-6,10-11,18,20H,4,7-9H2,1H3;2*1H/t10-,11-;;/m0../s1. The Hall–Kier alpha value is -1.67. The normalized spacial score (nSPS) is 20.7. The number of nitrogens with one attached hydrogen (secondary N) is 1. The lowest BCUT2D eigenvalue weighted by atomic mass is 10.1. The van der Waals surface area contributed by atoms with Gasteiger partial charge in [0.05, 0.1) is 19.3 Å². The monoisotopic (exact) mass is 389 g/mol. The molecule has 25 heavy (non-hydrogen) atoms. The average molecular weight is 390 g/mol. The fraction of sp³-hybridized carbons (Fsp3) is 0.438. The Morgan fingerprint density at radius 3 is 2.76 bits per heavy atom. The van der Waals surface area contributed by atoms with Gasteiger partial charge in [-0.25, -0.2) is 4.98 Å². The van der Waals surface area contributed by atoms with E-state index in [4.69, 9.17) is 14.2 Å². The quantitative estimate of drug-likeness (QED) is 0.832. The Labute approximate surface area is 158 Å². The van der Waals surface area contributed by atoms with E-state index in [0.717, 1.165) is 24.4 Å². The molecular weight excluding hydrogens is 369 g/mol. The van der Waals surface area contributed by atoms with Gasteiger partial charge in [0, 0.05) is 37.1 Å². The summed E-state index contributed by atoms with van der Waals surface area (Å²) in [5, 5.41) is 12.6. The van der Waals surface area contributed by atoms with Gasteiger partial charge in [-0.1, -0.05) is 0 Å². The maximum Gasteiger partial charge on any atom is 0.231 e. The Morgan fingerprint density at radius 1 is 1.32 bits per heavy atom. The van der Waals surface area contributed by atoms with Crippen LogP contribution in [0, 0.1) is 0 Å². The number of hydrogen-bond acceptors (Lipinski definition) is 6. The molecule has 0 unspecified atom stereocenters. The zero-order valence-electron chi connectivity index (χ0n) is 13.7. The summed E-state index contributed by atoms with van der Waals surface area (Å²) in [5.41, 5.74) is 0.870. The number of benzene rings is 1. The van der Waals surface area contributed by atoms with Crippen LogP contribution < -0.4 is 19.5 Å². The Bertz CT molecular complexity index is 725. The molecule has 2 atom stereocenters. The first kappa shape index (κ1) is 19.7. The lowest BCUT2D eigenvalue weighted by Crippen LogP contribution is -2.24. The molecule has 2 aliphatic rings. The first-order valence-corrected chi connectivity index (χ1v) is 7.65. The van der Waals surface area contributed by atoms with E-state index in [1.54, 1.807) is 13.3 Å². The highest BCUT2D eigenvalue weighted by atomic mass is 35.5. The van der Waals surface area contributed by atoms with Crippen molar-refractivity contribution in [3.8, 4) is 28.6 Å². The summed E-state index contributed by atoms with van der Waals surface area (Å²) in [6.07, 6.45) is 4.61. The smallest absolute Gasteiger partial charge is 0.231 e. The molecule has 0 radical (unpaired) electrons. The molecule has 1 aromatic carbocycles. The van der Waals surface area contributed by atoms with E-state index in [1.807, 2.05) is 18.3 Å². The summed E-state index contributed by atoms with van der Waals surface area (Å²) < 4.78 is 18.5. The maximum atomic E-state index is 9.32. The Morgan fingerprint density at radius 2 is 2.08 bits per heavy atom. The summed E-state index contributed by atoms with van der Waals surface area (Å²) in [5.74, 6) is 2.91. The van der Waals surface area contributed by atoms with Crippen LogP contribution >= 0.6 is 24.8 Å².